The zero-order valence-corrected chi connectivity index (χ0v) is 8.40. The van der Waals surface area contributed by atoms with Crippen LogP contribution in [-0.4, -0.2) is 4.98 Å². The minimum Gasteiger partial charge on any atom is -0.233 e. The number of halogens is 4. The minimum atomic E-state index is -2.77. The molecule has 0 fully saturated rings. The molecule has 13 heavy (non-hydrogen) atoms. The van der Waals surface area contributed by atoms with Crippen LogP contribution in [0.4, 0.5) is 8.78 Å². The monoisotopic (exact) mass is 266 g/mol. The summed E-state index contributed by atoms with van der Waals surface area (Å²) >= 11 is 8.45. The van der Waals surface area contributed by atoms with E-state index in [2.05, 4.69) is 20.9 Å². The normalized spacial score (nSPS) is 10.2. The molecule has 0 atom stereocenters. The third-order valence-electron chi connectivity index (χ3n) is 1.27. The maximum absolute atomic E-state index is 12.2. The highest BCUT2D eigenvalue weighted by atomic mass is 79.9. The average Bonchev–Trinajstić information content (AvgIpc) is 2.03. The van der Waals surface area contributed by atoms with E-state index < -0.39 is 12.1 Å². The molecule has 1 rings (SSSR count). The molecule has 0 amide bonds. The molecular formula is C7H2BrClF2N2. The van der Waals surface area contributed by atoms with Gasteiger partial charge in [0.05, 0.1) is 9.50 Å². The standard InChI is InChI=1S/C7H2BrClF2N2/c8-3-1-4(9)6(7(10)11)13-5(3)2-12/h1,7H. The van der Waals surface area contributed by atoms with Gasteiger partial charge in [0.1, 0.15) is 11.8 Å². The van der Waals surface area contributed by atoms with E-state index >= 15 is 0 Å². The summed E-state index contributed by atoms with van der Waals surface area (Å²) in [7, 11) is 0. The lowest BCUT2D eigenvalue weighted by Gasteiger charge is -2.03. The van der Waals surface area contributed by atoms with Gasteiger partial charge in [0.15, 0.2) is 5.69 Å². The summed E-state index contributed by atoms with van der Waals surface area (Å²) in [6.07, 6.45) is -2.77. The van der Waals surface area contributed by atoms with Crippen molar-refractivity contribution in [3.63, 3.8) is 0 Å². The van der Waals surface area contributed by atoms with Gasteiger partial charge in [-0.2, -0.15) is 5.26 Å². The molecule has 0 aliphatic heterocycles. The van der Waals surface area contributed by atoms with Crippen LogP contribution in [0.2, 0.25) is 5.02 Å². The quantitative estimate of drug-likeness (QED) is 0.783. The van der Waals surface area contributed by atoms with Crippen molar-refractivity contribution in [2.45, 2.75) is 6.43 Å². The van der Waals surface area contributed by atoms with Crippen LogP contribution in [-0.2, 0) is 0 Å². The van der Waals surface area contributed by atoms with Gasteiger partial charge in [-0.3, -0.25) is 0 Å². The van der Waals surface area contributed by atoms with E-state index in [4.69, 9.17) is 16.9 Å². The Morgan fingerprint density at radius 2 is 2.23 bits per heavy atom. The van der Waals surface area contributed by atoms with Crippen molar-refractivity contribution in [2.75, 3.05) is 0 Å². The van der Waals surface area contributed by atoms with Crippen molar-refractivity contribution >= 4 is 27.5 Å². The van der Waals surface area contributed by atoms with Crippen molar-refractivity contribution in [3.05, 3.63) is 26.9 Å². The van der Waals surface area contributed by atoms with Gasteiger partial charge < -0.3 is 0 Å². The Balaban J connectivity index is 3.33. The largest absolute Gasteiger partial charge is 0.281 e. The van der Waals surface area contributed by atoms with Crippen LogP contribution >= 0.6 is 27.5 Å². The smallest absolute Gasteiger partial charge is 0.233 e. The number of hydrogen-bond acceptors (Lipinski definition) is 2. The third kappa shape index (κ3) is 2.14. The Morgan fingerprint density at radius 3 is 2.69 bits per heavy atom. The minimum absolute atomic E-state index is 0.0975. The maximum atomic E-state index is 12.2. The second kappa shape index (κ2) is 3.99. The van der Waals surface area contributed by atoms with Gasteiger partial charge in [0.25, 0.3) is 6.43 Å². The first kappa shape index (κ1) is 10.4. The summed E-state index contributed by atoms with van der Waals surface area (Å²) < 4.78 is 24.7. The molecule has 1 aromatic rings. The molecule has 0 radical (unpaired) electrons. The summed E-state index contributed by atoms with van der Waals surface area (Å²) in [5, 5.41) is 8.33. The predicted molar refractivity (Wildman–Crippen MR) is 46.6 cm³/mol. The summed E-state index contributed by atoms with van der Waals surface area (Å²) in [5.41, 5.74) is -0.666. The summed E-state index contributed by atoms with van der Waals surface area (Å²) in [6, 6.07) is 2.90. The van der Waals surface area contributed by atoms with Crippen molar-refractivity contribution in [1.82, 2.24) is 4.98 Å². The average molecular weight is 267 g/mol. The molecular weight excluding hydrogens is 265 g/mol. The number of hydrogen-bond donors (Lipinski definition) is 0. The second-order valence-electron chi connectivity index (χ2n) is 2.10. The van der Waals surface area contributed by atoms with Crippen LogP contribution in [0.25, 0.3) is 0 Å². The number of aromatic nitrogens is 1. The molecule has 68 valence electrons. The first-order valence-corrected chi connectivity index (χ1v) is 4.27. The van der Waals surface area contributed by atoms with Crippen LogP contribution < -0.4 is 0 Å². The fourth-order valence-electron chi connectivity index (χ4n) is 0.712. The van der Waals surface area contributed by atoms with E-state index in [1.54, 1.807) is 6.07 Å². The fourth-order valence-corrected chi connectivity index (χ4v) is 1.48. The number of nitrogens with zero attached hydrogens (tertiary/aromatic N) is 2. The first-order valence-electron chi connectivity index (χ1n) is 3.10. The molecule has 0 saturated carbocycles. The van der Waals surface area contributed by atoms with Crippen LogP contribution in [0.15, 0.2) is 10.5 Å². The Labute approximate surface area is 86.3 Å². The zero-order valence-electron chi connectivity index (χ0n) is 6.06. The molecule has 1 heterocycles. The lowest BCUT2D eigenvalue weighted by Crippen LogP contribution is -1.95. The van der Waals surface area contributed by atoms with Crippen molar-refractivity contribution < 1.29 is 8.78 Å². The van der Waals surface area contributed by atoms with Gasteiger partial charge in [-0.25, -0.2) is 13.8 Å². The van der Waals surface area contributed by atoms with E-state index in [0.29, 0.717) is 4.47 Å². The van der Waals surface area contributed by atoms with E-state index in [0.717, 1.165) is 0 Å². The molecule has 1 aromatic heterocycles. The number of alkyl halides is 2. The molecule has 0 saturated heterocycles. The molecule has 0 N–H and O–H groups in total. The van der Waals surface area contributed by atoms with E-state index in [1.807, 2.05) is 0 Å². The van der Waals surface area contributed by atoms with Gasteiger partial charge in [-0.15, -0.1) is 0 Å². The van der Waals surface area contributed by atoms with Gasteiger partial charge in [0, 0.05) is 0 Å². The topological polar surface area (TPSA) is 36.7 Å². The molecule has 0 unspecified atom stereocenters. The Morgan fingerprint density at radius 1 is 1.62 bits per heavy atom. The Kier molecular flexibility index (Phi) is 3.17. The van der Waals surface area contributed by atoms with Gasteiger partial charge in [-0.05, 0) is 22.0 Å². The van der Waals surface area contributed by atoms with Crippen LogP contribution in [0.3, 0.4) is 0 Å². The predicted octanol–water partition coefficient (Wildman–Crippen LogP) is 3.31. The summed E-state index contributed by atoms with van der Waals surface area (Å²) in [6.45, 7) is 0. The van der Waals surface area contributed by atoms with Gasteiger partial charge in [-0.1, -0.05) is 11.6 Å². The van der Waals surface area contributed by atoms with Crippen molar-refractivity contribution in [3.8, 4) is 6.07 Å². The highest BCUT2D eigenvalue weighted by Gasteiger charge is 2.16. The molecule has 0 aliphatic rings. The van der Waals surface area contributed by atoms with Gasteiger partial charge in [0.2, 0.25) is 0 Å². The van der Waals surface area contributed by atoms with Crippen LogP contribution in [0.1, 0.15) is 17.8 Å². The molecule has 0 bridgehead atoms. The maximum Gasteiger partial charge on any atom is 0.281 e. The van der Waals surface area contributed by atoms with E-state index in [9.17, 15) is 8.78 Å². The van der Waals surface area contributed by atoms with E-state index in [1.165, 1.54) is 6.07 Å². The molecule has 0 aliphatic carbocycles. The molecule has 0 aromatic carbocycles. The van der Waals surface area contributed by atoms with Crippen molar-refractivity contribution in [1.29, 1.82) is 5.26 Å². The second-order valence-corrected chi connectivity index (χ2v) is 3.36. The SMILES string of the molecule is N#Cc1nc(C(F)F)c(Cl)cc1Br. The lowest BCUT2D eigenvalue weighted by molar-refractivity contribution is 0.146. The number of pyridine rings is 1. The highest BCUT2D eigenvalue weighted by molar-refractivity contribution is 9.10. The molecule has 6 heteroatoms. The van der Waals surface area contributed by atoms with Gasteiger partial charge >= 0.3 is 0 Å². The Bertz CT molecular complexity index is 375. The van der Waals surface area contributed by atoms with Crippen LogP contribution in [0.5, 0.6) is 0 Å². The molecule has 2 nitrogen and oxygen atoms in total. The van der Waals surface area contributed by atoms with Crippen molar-refractivity contribution in [2.24, 2.45) is 0 Å². The summed E-state index contributed by atoms with van der Waals surface area (Å²) in [5.74, 6) is 0. The lowest BCUT2D eigenvalue weighted by atomic mass is 10.3. The number of nitriles is 1. The number of rotatable bonds is 1. The third-order valence-corrected chi connectivity index (χ3v) is 2.18. The first-order chi connectivity index (χ1) is 6.06. The summed E-state index contributed by atoms with van der Waals surface area (Å²) in [4.78, 5) is 3.40. The highest BCUT2D eigenvalue weighted by Crippen LogP contribution is 2.28. The Hall–Kier alpha value is -0.730. The van der Waals surface area contributed by atoms with Crippen LogP contribution in [0, 0.1) is 11.3 Å². The fraction of sp³-hybridized carbons (Fsp3) is 0.143. The van der Waals surface area contributed by atoms with E-state index in [-0.39, 0.29) is 10.7 Å². The molecule has 0 spiro atoms. The zero-order chi connectivity index (χ0) is 10.0.